The lowest BCUT2D eigenvalue weighted by atomic mass is 10.1. The van der Waals surface area contributed by atoms with E-state index in [4.69, 9.17) is 4.74 Å². The van der Waals surface area contributed by atoms with Crippen LogP contribution in [0.25, 0.3) is 0 Å². The second-order valence-electron chi connectivity index (χ2n) is 7.31. The minimum atomic E-state index is -0.678. The van der Waals surface area contributed by atoms with Gasteiger partial charge in [-0.3, -0.25) is 4.90 Å². The molecule has 0 aromatic heterocycles. The van der Waals surface area contributed by atoms with Crippen molar-refractivity contribution in [1.29, 1.82) is 0 Å². The lowest BCUT2D eigenvalue weighted by Crippen LogP contribution is -2.33. The Morgan fingerprint density at radius 1 is 1.07 bits per heavy atom. The Morgan fingerprint density at radius 2 is 1.78 bits per heavy atom. The molecule has 2 aromatic carbocycles. The number of hydrogen-bond acceptors (Lipinski definition) is 4. The number of aliphatic hydroxyl groups excluding tert-OH is 1. The molecule has 0 radical (unpaired) electrons. The number of para-hydroxylation sites is 1. The standard InChI is InChI=1S/C22H29FN2O2/c1-24(16-20(26)17-27-22-8-4-3-7-21(22)23)15-18-9-11-19(12-10-18)25-13-5-2-6-14-25/h3-4,7-12,20,26H,2,5-6,13-17H2,1H3. The van der Waals surface area contributed by atoms with Crippen molar-refractivity contribution in [3.8, 4) is 5.75 Å². The van der Waals surface area contributed by atoms with E-state index >= 15 is 0 Å². The van der Waals surface area contributed by atoms with Gasteiger partial charge >= 0.3 is 0 Å². The molecule has 1 fully saturated rings. The minimum absolute atomic E-state index is 0.0686. The number of benzene rings is 2. The molecule has 0 amide bonds. The third-order valence-corrected chi connectivity index (χ3v) is 4.90. The number of likely N-dealkylation sites (N-methyl/N-ethyl adjacent to an activating group) is 1. The minimum Gasteiger partial charge on any atom is -0.488 e. The molecule has 1 aliphatic rings. The summed E-state index contributed by atoms with van der Waals surface area (Å²) in [4.78, 5) is 4.49. The molecular weight excluding hydrogens is 343 g/mol. The highest BCUT2D eigenvalue weighted by atomic mass is 19.1. The third kappa shape index (κ3) is 5.94. The molecule has 4 nitrogen and oxygen atoms in total. The van der Waals surface area contributed by atoms with Gasteiger partial charge in [0.05, 0.1) is 0 Å². The van der Waals surface area contributed by atoms with Crippen LogP contribution in [0, 0.1) is 5.82 Å². The fourth-order valence-electron chi connectivity index (χ4n) is 3.50. The molecule has 0 bridgehead atoms. The topological polar surface area (TPSA) is 35.9 Å². The summed E-state index contributed by atoms with van der Waals surface area (Å²) in [6.45, 7) is 3.57. The fourth-order valence-corrected chi connectivity index (χ4v) is 3.50. The van der Waals surface area contributed by atoms with E-state index in [1.165, 1.54) is 36.6 Å². The van der Waals surface area contributed by atoms with Crippen molar-refractivity contribution in [2.24, 2.45) is 0 Å². The molecule has 1 N–H and O–H groups in total. The predicted octanol–water partition coefficient (Wildman–Crippen LogP) is 3.69. The summed E-state index contributed by atoms with van der Waals surface area (Å²) in [5.41, 5.74) is 2.50. The molecule has 1 aliphatic heterocycles. The van der Waals surface area contributed by atoms with Crippen molar-refractivity contribution in [3.05, 3.63) is 59.9 Å². The van der Waals surface area contributed by atoms with Gasteiger partial charge in [-0.1, -0.05) is 24.3 Å². The number of anilines is 1. The van der Waals surface area contributed by atoms with Gasteiger partial charge in [-0.15, -0.1) is 0 Å². The van der Waals surface area contributed by atoms with E-state index < -0.39 is 11.9 Å². The van der Waals surface area contributed by atoms with Crippen molar-refractivity contribution in [2.75, 3.05) is 38.2 Å². The second kappa shape index (κ2) is 9.72. The van der Waals surface area contributed by atoms with E-state index in [0.717, 1.165) is 19.6 Å². The van der Waals surface area contributed by atoms with E-state index in [0.29, 0.717) is 6.54 Å². The molecule has 146 valence electrons. The van der Waals surface area contributed by atoms with Gasteiger partial charge in [0.1, 0.15) is 12.7 Å². The van der Waals surface area contributed by atoms with Gasteiger partial charge in [-0.05, 0) is 56.1 Å². The normalized spacial score (nSPS) is 15.8. The van der Waals surface area contributed by atoms with E-state index in [1.807, 2.05) is 11.9 Å². The molecule has 27 heavy (non-hydrogen) atoms. The van der Waals surface area contributed by atoms with E-state index in [1.54, 1.807) is 18.2 Å². The Balaban J connectivity index is 1.44. The van der Waals surface area contributed by atoms with Crippen LogP contribution >= 0.6 is 0 Å². The maximum atomic E-state index is 13.5. The smallest absolute Gasteiger partial charge is 0.165 e. The summed E-state index contributed by atoms with van der Waals surface area (Å²) in [6, 6.07) is 14.9. The monoisotopic (exact) mass is 372 g/mol. The summed E-state index contributed by atoms with van der Waals surface area (Å²) < 4.78 is 18.9. The maximum absolute atomic E-state index is 13.5. The highest BCUT2D eigenvalue weighted by Crippen LogP contribution is 2.20. The van der Waals surface area contributed by atoms with Gasteiger partial charge in [0.25, 0.3) is 0 Å². The Bertz CT molecular complexity index is 702. The molecule has 1 unspecified atom stereocenters. The quantitative estimate of drug-likeness (QED) is 0.767. The van der Waals surface area contributed by atoms with Gasteiger partial charge in [0, 0.05) is 31.9 Å². The van der Waals surface area contributed by atoms with Crippen LogP contribution in [0.5, 0.6) is 5.75 Å². The molecule has 0 saturated carbocycles. The number of rotatable bonds is 8. The highest BCUT2D eigenvalue weighted by molar-refractivity contribution is 5.47. The summed E-state index contributed by atoms with van der Waals surface area (Å²) >= 11 is 0. The Hall–Kier alpha value is -2.11. The third-order valence-electron chi connectivity index (χ3n) is 4.90. The van der Waals surface area contributed by atoms with Crippen LogP contribution in [0.2, 0.25) is 0 Å². The molecule has 1 heterocycles. The second-order valence-corrected chi connectivity index (χ2v) is 7.31. The molecule has 3 rings (SSSR count). The zero-order valence-corrected chi connectivity index (χ0v) is 16.0. The van der Waals surface area contributed by atoms with Crippen molar-refractivity contribution >= 4 is 5.69 Å². The predicted molar refractivity (Wildman–Crippen MR) is 107 cm³/mol. The molecule has 0 aliphatic carbocycles. The number of halogens is 1. The molecule has 0 spiro atoms. The first-order chi connectivity index (χ1) is 13.1. The molecule has 1 saturated heterocycles. The van der Waals surface area contributed by atoms with Gasteiger partial charge in [-0.2, -0.15) is 0 Å². The van der Waals surface area contributed by atoms with E-state index in [2.05, 4.69) is 29.2 Å². The molecule has 5 heteroatoms. The molecule has 1 atom stereocenters. The van der Waals surface area contributed by atoms with Crippen LogP contribution in [-0.4, -0.2) is 49.4 Å². The summed E-state index contributed by atoms with van der Waals surface area (Å²) in [7, 11) is 1.96. The zero-order chi connectivity index (χ0) is 19.1. The van der Waals surface area contributed by atoms with Gasteiger partial charge in [0.2, 0.25) is 0 Å². The molecule has 2 aromatic rings. The van der Waals surface area contributed by atoms with Crippen LogP contribution in [0.15, 0.2) is 48.5 Å². The van der Waals surface area contributed by atoms with Crippen LogP contribution in [0.1, 0.15) is 24.8 Å². The number of ether oxygens (including phenoxy) is 1. The van der Waals surface area contributed by atoms with Crippen LogP contribution < -0.4 is 9.64 Å². The van der Waals surface area contributed by atoms with Crippen LogP contribution in [0.4, 0.5) is 10.1 Å². The lowest BCUT2D eigenvalue weighted by molar-refractivity contribution is 0.0728. The van der Waals surface area contributed by atoms with E-state index in [9.17, 15) is 9.50 Å². The average Bonchev–Trinajstić information content (AvgIpc) is 2.68. The SMILES string of the molecule is CN(Cc1ccc(N2CCCCC2)cc1)CC(O)COc1ccccc1F. The van der Waals surface area contributed by atoms with Crippen LogP contribution in [-0.2, 0) is 6.54 Å². The summed E-state index contributed by atoms with van der Waals surface area (Å²) in [5, 5.41) is 10.2. The summed E-state index contributed by atoms with van der Waals surface area (Å²) in [5.74, 6) is -0.237. The Labute approximate surface area is 161 Å². The fraction of sp³-hybridized carbons (Fsp3) is 0.455. The highest BCUT2D eigenvalue weighted by Gasteiger charge is 2.13. The van der Waals surface area contributed by atoms with Crippen molar-refractivity contribution in [1.82, 2.24) is 4.90 Å². The summed E-state index contributed by atoms with van der Waals surface area (Å²) in [6.07, 6.45) is 3.21. The number of nitrogens with zero attached hydrogens (tertiary/aromatic N) is 2. The van der Waals surface area contributed by atoms with Crippen molar-refractivity contribution < 1.29 is 14.2 Å². The first-order valence-electron chi connectivity index (χ1n) is 9.69. The van der Waals surface area contributed by atoms with Crippen LogP contribution in [0.3, 0.4) is 0 Å². The maximum Gasteiger partial charge on any atom is 0.165 e. The zero-order valence-electron chi connectivity index (χ0n) is 16.0. The van der Waals surface area contributed by atoms with Crippen molar-refractivity contribution in [3.63, 3.8) is 0 Å². The lowest BCUT2D eigenvalue weighted by Gasteiger charge is -2.29. The first kappa shape index (κ1) is 19.6. The largest absolute Gasteiger partial charge is 0.488 e. The van der Waals surface area contributed by atoms with Gasteiger partial charge in [0.15, 0.2) is 11.6 Å². The Morgan fingerprint density at radius 3 is 2.48 bits per heavy atom. The number of piperidine rings is 1. The molecular formula is C22H29FN2O2. The number of aliphatic hydroxyl groups is 1. The van der Waals surface area contributed by atoms with Crippen molar-refractivity contribution in [2.45, 2.75) is 31.9 Å². The van der Waals surface area contributed by atoms with Gasteiger partial charge in [-0.25, -0.2) is 4.39 Å². The number of hydrogen-bond donors (Lipinski definition) is 1. The first-order valence-corrected chi connectivity index (χ1v) is 9.69. The van der Waals surface area contributed by atoms with Gasteiger partial charge < -0.3 is 14.7 Å². The van der Waals surface area contributed by atoms with E-state index in [-0.39, 0.29) is 12.4 Å². The Kier molecular flexibility index (Phi) is 7.07. The average molecular weight is 372 g/mol.